The van der Waals surface area contributed by atoms with E-state index in [1.165, 1.54) is 0 Å². The van der Waals surface area contributed by atoms with Crippen molar-refractivity contribution in [3.63, 3.8) is 0 Å². The monoisotopic (exact) mass is 349 g/mol. The molecule has 1 aliphatic heterocycles. The van der Waals surface area contributed by atoms with Crippen LogP contribution in [0.4, 0.5) is 10.5 Å². The Hall–Kier alpha value is -2.44. The van der Waals surface area contributed by atoms with Gasteiger partial charge in [0.25, 0.3) is 0 Å². The van der Waals surface area contributed by atoms with E-state index in [1.54, 1.807) is 37.3 Å². The van der Waals surface area contributed by atoms with Gasteiger partial charge in [0.15, 0.2) is 0 Å². The van der Waals surface area contributed by atoms with Gasteiger partial charge in [-0.2, -0.15) is 0 Å². The van der Waals surface area contributed by atoms with E-state index < -0.39 is 0 Å². The number of hydrogen-bond donors (Lipinski definition) is 2. The predicted molar refractivity (Wildman–Crippen MR) is 96.1 cm³/mol. The molecule has 0 aliphatic carbocycles. The minimum absolute atomic E-state index is 0.0487. The molecule has 0 radical (unpaired) electrons. The maximum Gasteiger partial charge on any atom is 0.317 e. The van der Waals surface area contributed by atoms with Gasteiger partial charge in [-0.3, -0.25) is 4.79 Å². The van der Waals surface area contributed by atoms with Crippen LogP contribution in [0.15, 0.2) is 18.2 Å². The molecule has 1 aromatic rings. The van der Waals surface area contributed by atoms with Crippen molar-refractivity contribution in [2.75, 3.05) is 32.6 Å². The first kappa shape index (κ1) is 18.9. The molecule has 25 heavy (non-hydrogen) atoms. The summed E-state index contributed by atoms with van der Waals surface area (Å²) in [7, 11) is 3.13. The predicted octanol–water partition coefficient (Wildman–Crippen LogP) is 2.47. The Morgan fingerprint density at radius 1 is 1.16 bits per heavy atom. The van der Waals surface area contributed by atoms with Gasteiger partial charge in [0.05, 0.1) is 19.9 Å². The molecule has 3 amide bonds. The second-order valence-corrected chi connectivity index (χ2v) is 6.42. The Labute approximate surface area is 148 Å². The Bertz CT molecular complexity index is 610. The van der Waals surface area contributed by atoms with Crippen LogP contribution < -0.4 is 20.1 Å². The molecule has 1 heterocycles. The zero-order chi connectivity index (χ0) is 18.4. The first-order valence-electron chi connectivity index (χ1n) is 8.53. The summed E-state index contributed by atoms with van der Waals surface area (Å²) in [4.78, 5) is 26.3. The van der Waals surface area contributed by atoms with Gasteiger partial charge in [-0.05, 0) is 38.8 Å². The van der Waals surface area contributed by atoms with Gasteiger partial charge in [0.2, 0.25) is 5.91 Å². The summed E-state index contributed by atoms with van der Waals surface area (Å²) in [6.07, 6.45) is 1.30. The molecule has 7 heteroatoms. The SMILES string of the molecule is COc1ccc(NC(=O)C2CCN(C(=O)NC(C)C)CC2)c(OC)c1. The first-order valence-corrected chi connectivity index (χ1v) is 8.53. The normalized spacial score (nSPS) is 15.0. The van der Waals surface area contributed by atoms with Crippen molar-refractivity contribution in [1.82, 2.24) is 10.2 Å². The smallest absolute Gasteiger partial charge is 0.317 e. The first-order chi connectivity index (χ1) is 11.9. The van der Waals surface area contributed by atoms with Crippen LogP contribution in [0.1, 0.15) is 26.7 Å². The van der Waals surface area contributed by atoms with Gasteiger partial charge < -0.3 is 25.0 Å². The highest BCUT2D eigenvalue weighted by Crippen LogP contribution is 2.30. The highest BCUT2D eigenvalue weighted by molar-refractivity contribution is 5.94. The van der Waals surface area contributed by atoms with Crippen molar-refractivity contribution in [1.29, 1.82) is 0 Å². The van der Waals surface area contributed by atoms with E-state index in [2.05, 4.69) is 10.6 Å². The number of piperidine rings is 1. The number of nitrogens with one attached hydrogen (secondary N) is 2. The summed E-state index contributed by atoms with van der Waals surface area (Å²) in [5.74, 6) is 1.06. The van der Waals surface area contributed by atoms with Crippen LogP contribution in [0.25, 0.3) is 0 Å². The molecular formula is C18H27N3O4. The summed E-state index contributed by atoms with van der Waals surface area (Å²) in [6, 6.07) is 5.31. The number of benzene rings is 1. The van der Waals surface area contributed by atoms with Crippen molar-refractivity contribution < 1.29 is 19.1 Å². The average molecular weight is 349 g/mol. The highest BCUT2D eigenvalue weighted by atomic mass is 16.5. The largest absolute Gasteiger partial charge is 0.497 e. The molecule has 0 bridgehead atoms. The van der Waals surface area contributed by atoms with Crippen LogP contribution in [-0.4, -0.2) is 50.2 Å². The van der Waals surface area contributed by atoms with Crippen molar-refractivity contribution in [2.45, 2.75) is 32.7 Å². The fraction of sp³-hybridized carbons (Fsp3) is 0.556. The molecule has 7 nitrogen and oxygen atoms in total. The summed E-state index contributed by atoms with van der Waals surface area (Å²) in [5.41, 5.74) is 0.619. The van der Waals surface area contributed by atoms with E-state index >= 15 is 0 Å². The lowest BCUT2D eigenvalue weighted by Gasteiger charge is -2.32. The lowest BCUT2D eigenvalue weighted by Crippen LogP contribution is -2.47. The van der Waals surface area contributed by atoms with Gasteiger partial charge in [-0.1, -0.05) is 0 Å². The summed E-state index contributed by atoms with van der Waals surface area (Å²) < 4.78 is 10.5. The number of urea groups is 1. The second kappa shape index (κ2) is 8.60. The topological polar surface area (TPSA) is 79.9 Å². The standard InChI is InChI=1S/C18H27N3O4/c1-12(2)19-18(23)21-9-7-13(8-10-21)17(22)20-15-6-5-14(24-3)11-16(15)25-4/h5-6,11-13H,7-10H2,1-4H3,(H,19,23)(H,20,22). The van der Waals surface area contributed by atoms with Crippen LogP contribution in [0.3, 0.4) is 0 Å². The van der Waals surface area contributed by atoms with Gasteiger partial charge in [-0.15, -0.1) is 0 Å². The van der Waals surface area contributed by atoms with E-state index in [1.807, 2.05) is 13.8 Å². The summed E-state index contributed by atoms with van der Waals surface area (Å²) in [5, 5.41) is 5.80. The van der Waals surface area contributed by atoms with Gasteiger partial charge in [-0.25, -0.2) is 4.79 Å². The van der Waals surface area contributed by atoms with Crippen LogP contribution in [-0.2, 0) is 4.79 Å². The van der Waals surface area contributed by atoms with Crippen molar-refractivity contribution >= 4 is 17.6 Å². The van der Waals surface area contributed by atoms with Gasteiger partial charge >= 0.3 is 6.03 Å². The molecule has 0 atom stereocenters. The number of carbonyl (C=O) groups excluding carboxylic acids is 2. The molecule has 0 spiro atoms. The third-order valence-corrected chi connectivity index (χ3v) is 4.23. The summed E-state index contributed by atoms with van der Waals surface area (Å²) in [6.45, 7) is 5.02. The van der Waals surface area contributed by atoms with Crippen molar-refractivity contribution in [2.24, 2.45) is 5.92 Å². The Morgan fingerprint density at radius 3 is 2.40 bits per heavy atom. The Kier molecular flexibility index (Phi) is 6.50. The number of ether oxygens (including phenoxy) is 2. The van der Waals surface area contributed by atoms with Crippen molar-refractivity contribution in [3.8, 4) is 11.5 Å². The molecule has 1 fully saturated rings. The van der Waals surface area contributed by atoms with Crippen molar-refractivity contribution in [3.05, 3.63) is 18.2 Å². The van der Waals surface area contributed by atoms with Crippen LogP contribution in [0, 0.1) is 5.92 Å². The number of nitrogens with zero attached hydrogens (tertiary/aromatic N) is 1. The average Bonchev–Trinajstić information content (AvgIpc) is 2.61. The molecule has 1 aromatic carbocycles. The maximum atomic E-state index is 12.5. The quantitative estimate of drug-likeness (QED) is 0.856. The number of methoxy groups -OCH3 is 2. The Balaban J connectivity index is 1.92. The van der Waals surface area contributed by atoms with Gasteiger partial charge in [0, 0.05) is 31.1 Å². The lowest BCUT2D eigenvalue weighted by molar-refractivity contribution is -0.121. The fourth-order valence-corrected chi connectivity index (χ4v) is 2.82. The molecule has 138 valence electrons. The number of amides is 3. The number of likely N-dealkylation sites (tertiary alicyclic amines) is 1. The van der Waals surface area contributed by atoms with E-state index in [9.17, 15) is 9.59 Å². The molecule has 1 aliphatic rings. The minimum atomic E-state index is -0.116. The third kappa shape index (κ3) is 5.01. The number of anilines is 1. The molecule has 1 saturated heterocycles. The molecule has 0 aromatic heterocycles. The Morgan fingerprint density at radius 2 is 1.84 bits per heavy atom. The maximum absolute atomic E-state index is 12.5. The van der Waals surface area contributed by atoms with E-state index in [4.69, 9.17) is 9.47 Å². The lowest BCUT2D eigenvalue weighted by atomic mass is 9.96. The molecule has 0 saturated carbocycles. The second-order valence-electron chi connectivity index (χ2n) is 6.42. The number of hydrogen-bond acceptors (Lipinski definition) is 4. The van der Waals surface area contributed by atoms with Crippen LogP contribution in [0.2, 0.25) is 0 Å². The zero-order valence-electron chi connectivity index (χ0n) is 15.3. The molecule has 2 N–H and O–H groups in total. The van der Waals surface area contributed by atoms with E-state index in [0.29, 0.717) is 43.1 Å². The molecule has 2 rings (SSSR count). The number of carbonyl (C=O) groups is 2. The fourth-order valence-electron chi connectivity index (χ4n) is 2.82. The third-order valence-electron chi connectivity index (χ3n) is 4.23. The van der Waals surface area contributed by atoms with E-state index in [-0.39, 0.29) is 23.9 Å². The van der Waals surface area contributed by atoms with Crippen LogP contribution >= 0.6 is 0 Å². The minimum Gasteiger partial charge on any atom is -0.497 e. The van der Waals surface area contributed by atoms with Gasteiger partial charge in [0.1, 0.15) is 11.5 Å². The molecule has 0 unspecified atom stereocenters. The zero-order valence-corrected chi connectivity index (χ0v) is 15.3. The van der Waals surface area contributed by atoms with Crippen LogP contribution in [0.5, 0.6) is 11.5 Å². The number of rotatable bonds is 5. The summed E-state index contributed by atoms with van der Waals surface area (Å²) >= 11 is 0. The highest BCUT2D eigenvalue weighted by Gasteiger charge is 2.28. The molecular weight excluding hydrogens is 322 g/mol. The van der Waals surface area contributed by atoms with E-state index in [0.717, 1.165) is 0 Å².